The summed E-state index contributed by atoms with van der Waals surface area (Å²) >= 11 is 1.46. The predicted octanol–water partition coefficient (Wildman–Crippen LogP) is 2.31. The Hall–Kier alpha value is -2.63. The summed E-state index contributed by atoms with van der Waals surface area (Å²) < 4.78 is 47.8. The normalized spacial score (nSPS) is 12.8. The molecule has 3 rings (SSSR count). The lowest BCUT2D eigenvalue weighted by Gasteiger charge is -2.18. The van der Waals surface area contributed by atoms with Gasteiger partial charge in [-0.05, 0) is 48.8 Å². The van der Waals surface area contributed by atoms with Crippen LogP contribution < -0.4 is 15.8 Å². The van der Waals surface area contributed by atoms with Crippen LogP contribution in [0.25, 0.3) is 11.1 Å². The summed E-state index contributed by atoms with van der Waals surface area (Å²) in [5, 5.41) is 2.53. The number of anilines is 1. The van der Waals surface area contributed by atoms with E-state index in [0.717, 1.165) is 6.07 Å². The number of nitrogens with zero attached hydrogens (tertiary/aromatic N) is 1. The number of thioether (sulfide) groups is 1. The van der Waals surface area contributed by atoms with E-state index in [-0.39, 0.29) is 22.6 Å². The Balaban J connectivity index is 1.85. The molecule has 0 spiro atoms. The molecular formula is C19H20FN3O5S2. The van der Waals surface area contributed by atoms with Gasteiger partial charge in [-0.1, -0.05) is 6.07 Å². The van der Waals surface area contributed by atoms with E-state index in [2.05, 4.69) is 10.0 Å². The summed E-state index contributed by atoms with van der Waals surface area (Å²) in [5.74, 6) is -1.21. The highest BCUT2D eigenvalue weighted by atomic mass is 32.2. The molecule has 2 aromatic carbocycles. The zero-order chi connectivity index (χ0) is 21.9. The van der Waals surface area contributed by atoms with Gasteiger partial charge >= 0.3 is 5.76 Å². The van der Waals surface area contributed by atoms with Crippen molar-refractivity contribution in [1.29, 1.82) is 0 Å². The highest BCUT2D eigenvalue weighted by Gasteiger charge is 2.26. The molecule has 0 aliphatic carbocycles. The van der Waals surface area contributed by atoms with Gasteiger partial charge in [0, 0.05) is 18.8 Å². The molecule has 0 aliphatic rings. The summed E-state index contributed by atoms with van der Waals surface area (Å²) in [6.45, 7) is 0. The number of halogens is 1. The van der Waals surface area contributed by atoms with E-state index in [1.54, 1.807) is 0 Å². The van der Waals surface area contributed by atoms with Gasteiger partial charge in [-0.25, -0.2) is 17.6 Å². The van der Waals surface area contributed by atoms with Crippen LogP contribution in [-0.4, -0.2) is 36.9 Å². The highest BCUT2D eigenvalue weighted by molar-refractivity contribution is 7.98. The van der Waals surface area contributed by atoms with E-state index >= 15 is 0 Å². The SMILES string of the molecule is CSCCC(NS(=O)(=O)c1ccc2c(c1)oc(=O)n2C)C(=O)Nc1cccc(F)c1. The lowest BCUT2D eigenvalue weighted by atomic mass is 10.2. The molecule has 160 valence electrons. The molecule has 3 aromatic rings. The largest absolute Gasteiger partial charge is 0.419 e. The van der Waals surface area contributed by atoms with Gasteiger partial charge in [-0.15, -0.1) is 0 Å². The second-order valence-electron chi connectivity index (χ2n) is 6.51. The van der Waals surface area contributed by atoms with Gasteiger partial charge in [0.15, 0.2) is 5.58 Å². The van der Waals surface area contributed by atoms with Crippen LogP contribution in [0.5, 0.6) is 0 Å². The third kappa shape index (κ3) is 4.91. The molecule has 1 aromatic heterocycles. The average Bonchev–Trinajstić information content (AvgIpc) is 2.98. The van der Waals surface area contributed by atoms with E-state index in [0.29, 0.717) is 11.3 Å². The molecule has 11 heteroatoms. The fourth-order valence-corrected chi connectivity index (χ4v) is 4.53. The molecule has 2 N–H and O–H groups in total. The Morgan fingerprint density at radius 3 is 2.73 bits per heavy atom. The van der Waals surface area contributed by atoms with Gasteiger partial charge in [-0.2, -0.15) is 16.5 Å². The lowest BCUT2D eigenvalue weighted by molar-refractivity contribution is -0.117. The molecule has 0 bridgehead atoms. The number of oxazole rings is 1. The van der Waals surface area contributed by atoms with Crippen molar-refractivity contribution >= 4 is 44.5 Å². The summed E-state index contributed by atoms with van der Waals surface area (Å²) in [5.41, 5.74) is 0.790. The second-order valence-corrected chi connectivity index (χ2v) is 9.21. The fraction of sp³-hybridized carbons (Fsp3) is 0.263. The first-order valence-corrected chi connectivity index (χ1v) is 11.8. The Bertz CT molecular complexity index is 1240. The number of amides is 1. The number of carbonyl (C=O) groups is 1. The van der Waals surface area contributed by atoms with Crippen molar-refractivity contribution in [3.63, 3.8) is 0 Å². The van der Waals surface area contributed by atoms with Crippen molar-refractivity contribution in [2.75, 3.05) is 17.3 Å². The topological polar surface area (TPSA) is 110 Å². The number of carbonyl (C=O) groups excluding carboxylic acids is 1. The van der Waals surface area contributed by atoms with Crippen LogP contribution >= 0.6 is 11.8 Å². The number of nitrogens with one attached hydrogen (secondary N) is 2. The summed E-state index contributed by atoms with van der Waals surface area (Å²) in [7, 11) is -2.59. The molecule has 0 saturated carbocycles. The third-order valence-electron chi connectivity index (χ3n) is 4.39. The maximum atomic E-state index is 13.4. The maximum Gasteiger partial charge on any atom is 0.419 e. The van der Waals surface area contributed by atoms with Crippen molar-refractivity contribution < 1.29 is 22.0 Å². The van der Waals surface area contributed by atoms with E-state index in [1.165, 1.54) is 59.8 Å². The van der Waals surface area contributed by atoms with Crippen molar-refractivity contribution in [3.8, 4) is 0 Å². The molecule has 0 fully saturated rings. The van der Waals surface area contributed by atoms with Crippen LogP contribution in [0.15, 0.2) is 56.6 Å². The first-order chi connectivity index (χ1) is 14.2. The predicted molar refractivity (Wildman–Crippen MR) is 114 cm³/mol. The number of aryl methyl sites for hydroxylation is 1. The maximum absolute atomic E-state index is 13.4. The Morgan fingerprint density at radius 1 is 1.27 bits per heavy atom. The van der Waals surface area contributed by atoms with Gasteiger partial charge in [-0.3, -0.25) is 9.36 Å². The minimum Gasteiger partial charge on any atom is -0.408 e. The average molecular weight is 454 g/mol. The van der Waals surface area contributed by atoms with Gasteiger partial charge in [0.1, 0.15) is 11.9 Å². The molecule has 1 unspecified atom stereocenters. The van der Waals surface area contributed by atoms with Crippen LogP contribution in [0.2, 0.25) is 0 Å². The summed E-state index contributed by atoms with van der Waals surface area (Å²) in [4.78, 5) is 24.2. The van der Waals surface area contributed by atoms with E-state index in [4.69, 9.17) is 4.42 Å². The quantitative estimate of drug-likeness (QED) is 0.542. The van der Waals surface area contributed by atoms with Gasteiger partial charge in [0.25, 0.3) is 0 Å². The molecule has 8 nitrogen and oxygen atoms in total. The van der Waals surface area contributed by atoms with Crippen LogP contribution in [-0.2, 0) is 21.9 Å². The fourth-order valence-electron chi connectivity index (χ4n) is 2.81. The van der Waals surface area contributed by atoms with E-state index in [9.17, 15) is 22.4 Å². The molecule has 1 atom stereocenters. The highest BCUT2D eigenvalue weighted by Crippen LogP contribution is 2.19. The Morgan fingerprint density at radius 2 is 2.03 bits per heavy atom. The minimum absolute atomic E-state index is 0.121. The zero-order valence-electron chi connectivity index (χ0n) is 16.2. The molecule has 1 heterocycles. The first-order valence-electron chi connectivity index (χ1n) is 8.88. The Kier molecular flexibility index (Phi) is 6.64. The molecule has 0 aliphatic heterocycles. The van der Waals surface area contributed by atoms with Crippen LogP contribution in [0.1, 0.15) is 6.42 Å². The van der Waals surface area contributed by atoms with Gasteiger partial charge in [0.2, 0.25) is 15.9 Å². The molecule has 30 heavy (non-hydrogen) atoms. The summed E-state index contributed by atoms with van der Waals surface area (Å²) in [6.07, 6.45) is 2.06. The van der Waals surface area contributed by atoms with Gasteiger partial charge in [0.05, 0.1) is 10.4 Å². The van der Waals surface area contributed by atoms with Crippen LogP contribution in [0.4, 0.5) is 10.1 Å². The number of hydrogen-bond donors (Lipinski definition) is 2. The lowest BCUT2D eigenvalue weighted by Crippen LogP contribution is -2.44. The molecule has 1 amide bonds. The van der Waals surface area contributed by atoms with E-state index in [1.807, 2.05) is 6.26 Å². The number of aromatic nitrogens is 1. The number of fused-ring (bicyclic) bond motifs is 1. The van der Waals surface area contributed by atoms with Crippen molar-refractivity contribution in [3.05, 3.63) is 58.8 Å². The van der Waals surface area contributed by atoms with Crippen LogP contribution in [0, 0.1) is 5.82 Å². The van der Waals surface area contributed by atoms with Crippen molar-refractivity contribution in [1.82, 2.24) is 9.29 Å². The van der Waals surface area contributed by atoms with Crippen LogP contribution in [0.3, 0.4) is 0 Å². The smallest absolute Gasteiger partial charge is 0.408 e. The number of sulfonamides is 1. The monoisotopic (exact) mass is 453 g/mol. The van der Waals surface area contributed by atoms with E-state index < -0.39 is 33.5 Å². The Labute approximate surface area is 176 Å². The van der Waals surface area contributed by atoms with Crippen molar-refractivity contribution in [2.24, 2.45) is 7.05 Å². The second kappa shape index (κ2) is 9.02. The standard InChI is InChI=1S/C19H20FN3O5S2/c1-23-16-7-6-14(11-17(16)28-19(23)25)30(26,27)22-15(8-9-29-2)18(24)21-13-5-3-4-12(20)10-13/h3-7,10-11,15,22H,8-9H2,1-2H3,(H,21,24). The first kappa shape index (κ1) is 22.1. The van der Waals surface area contributed by atoms with Gasteiger partial charge < -0.3 is 9.73 Å². The molecule has 0 saturated heterocycles. The summed E-state index contributed by atoms with van der Waals surface area (Å²) in [6, 6.07) is 8.26. The van der Waals surface area contributed by atoms with Crippen molar-refractivity contribution in [2.45, 2.75) is 17.4 Å². The third-order valence-corrected chi connectivity index (χ3v) is 6.50. The molecule has 0 radical (unpaired) electrons. The number of rotatable bonds is 8. The number of benzene rings is 2. The number of hydrogen-bond acceptors (Lipinski definition) is 6. The minimum atomic E-state index is -4.10. The molecular weight excluding hydrogens is 433 g/mol. The zero-order valence-corrected chi connectivity index (χ0v) is 17.8.